The van der Waals surface area contributed by atoms with Crippen molar-refractivity contribution < 1.29 is 14.3 Å². The smallest absolute Gasteiger partial charge is 0.307 e. The maximum Gasteiger partial charge on any atom is 0.307 e. The third kappa shape index (κ3) is 3.64. The number of carbonyl (C=O) groups excluding carboxylic acids is 2. The van der Waals surface area contributed by atoms with E-state index in [0.717, 1.165) is 5.56 Å². The van der Waals surface area contributed by atoms with Gasteiger partial charge in [-0.05, 0) is 34.5 Å². The molecule has 2 heterocycles. The van der Waals surface area contributed by atoms with Crippen molar-refractivity contribution in [3.05, 3.63) is 52.5 Å². The molecule has 0 radical (unpaired) electrons. The van der Waals surface area contributed by atoms with Crippen molar-refractivity contribution in [2.45, 2.75) is 12.5 Å². The first kappa shape index (κ1) is 14.2. The van der Waals surface area contributed by atoms with E-state index in [2.05, 4.69) is 15.0 Å². The Morgan fingerprint density at radius 1 is 1.40 bits per heavy atom. The highest BCUT2D eigenvalue weighted by atomic mass is 32.1. The molecule has 0 aliphatic heterocycles. The molecule has 1 N–H and O–H groups in total. The molecule has 2 aromatic rings. The second-order valence-corrected chi connectivity index (χ2v) is 4.86. The van der Waals surface area contributed by atoms with E-state index in [1.807, 2.05) is 16.8 Å². The molecule has 0 bridgehead atoms. The van der Waals surface area contributed by atoms with Gasteiger partial charge in [0.05, 0.1) is 19.6 Å². The molecular formula is C14H14N2O3S. The summed E-state index contributed by atoms with van der Waals surface area (Å²) in [7, 11) is 1.33. The Morgan fingerprint density at radius 2 is 2.25 bits per heavy atom. The van der Waals surface area contributed by atoms with Crippen molar-refractivity contribution in [3.63, 3.8) is 0 Å². The second-order valence-electron chi connectivity index (χ2n) is 4.08. The maximum absolute atomic E-state index is 12.1. The molecule has 0 fully saturated rings. The second kappa shape index (κ2) is 6.81. The number of pyridine rings is 1. The van der Waals surface area contributed by atoms with Gasteiger partial charge in [-0.15, -0.1) is 0 Å². The molecule has 0 unspecified atom stereocenters. The standard InChI is InChI=1S/C14H14N2O3S/c1-19-13(17)8-12(10-5-7-20-9-10)16-14(18)11-4-2-3-6-15-11/h2-7,9,12H,8H2,1H3,(H,16,18)/t12-/m1/s1. The lowest BCUT2D eigenvalue weighted by Gasteiger charge is -2.16. The van der Waals surface area contributed by atoms with Crippen molar-refractivity contribution in [3.8, 4) is 0 Å². The molecular weight excluding hydrogens is 276 g/mol. The van der Waals surface area contributed by atoms with E-state index in [1.54, 1.807) is 24.4 Å². The van der Waals surface area contributed by atoms with Crippen LogP contribution in [-0.2, 0) is 9.53 Å². The zero-order valence-electron chi connectivity index (χ0n) is 10.9. The Kier molecular flexibility index (Phi) is 4.84. The van der Waals surface area contributed by atoms with Crippen LogP contribution in [0, 0.1) is 0 Å². The summed E-state index contributed by atoms with van der Waals surface area (Å²) in [4.78, 5) is 27.5. The lowest BCUT2D eigenvalue weighted by atomic mass is 10.1. The zero-order chi connectivity index (χ0) is 14.4. The molecule has 2 aromatic heterocycles. The molecule has 5 nitrogen and oxygen atoms in total. The van der Waals surface area contributed by atoms with Crippen LogP contribution in [0.5, 0.6) is 0 Å². The van der Waals surface area contributed by atoms with Crippen molar-refractivity contribution in [2.24, 2.45) is 0 Å². The lowest BCUT2D eigenvalue weighted by molar-refractivity contribution is -0.141. The fourth-order valence-electron chi connectivity index (χ4n) is 1.70. The maximum atomic E-state index is 12.1. The van der Waals surface area contributed by atoms with Gasteiger partial charge in [-0.2, -0.15) is 11.3 Å². The van der Waals surface area contributed by atoms with Gasteiger partial charge >= 0.3 is 5.97 Å². The normalized spacial score (nSPS) is 11.7. The van der Waals surface area contributed by atoms with Crippen LogP contribution in [0.15, 0.2) is 41.2 Å². The molecule has 6 heteroatoms. The summed E-state index contributed by atoms with van der Waals surface area (Å²) in [5.41, 5.74) is 1.20. The van der Waals surface area contributed by atoms with Crippen LogP contribution >= 0.6 is 11.3 Å². The first-order valence-electron chi connectivity index (χ1n) is 6.01. The molecule has 104 valence electrons. The SMILES string of the molecule is COC(=O)C[C@@H](NC(=O)c1ccccn1)c1ccsc1. The van der Waals surface area contributed by atoms with Gasteiger partial charge in [0, 0.05) is 6.20 Å². The predicted octanol–water partition coefficient (Wildman–Crippen LogP) is 2.18. The molecule has 0 saturated carbocycles. The largest absolute Gasteiger partial charge is 0.469 e. The Morgan fingerprint density at radius 3 is 2.85 bits per heavy atom. The molecule has 0 spiro atoms. The average molecular weight is 290 g/mol. The summed E-state index contributed by atoms with van der Waals surface area (Å²) >= 11 is 1.51. The Labute approximate surface area is 120 Å². The number of ether oxygens (including phenoxy) is 1. The number of nitrogens with one attached hydrogen (secondary N) is 1. The van der Waals surface area contributed by atoms with Crippen molar-refractivity contribution in [2.75, 3.05) is 7.11 Å². The molecule has 0 aliphatic rings. The minimum Gasteiger partial charge on any atom is -0.469 e. The Balaban J connectivity index is 2.12. The van der Waals surface area contributed by atoms with E-state index in [-0.39, 0.29) is 18.3 Å². The van der Waals surface area contributed by atoms with Crippen LogP contribution in [0.4, 0.5) is 0 Å². The molecule has 20 heavy (non-hydrogen) atoms. The van der Waals surface area contributed by atoms with Gasteiger partial charge in [-0.3, -0.25) is 14.6 Å². The summed E-state index contributed by atoms with van der Waals surface area (Å²) in [6.07, 6.45) is 1.64. The molecule has 0 saturated heterocycles. The Hall–Kier alpha value is -2.21. The van der Waals surface area contributed by atoms with Crippen molar-refractivity contribution in [1.29, 1.82) is 0 Å². The van der Waals surface area contributed by atoms with Crippen molar-refractivity contribution >= 4 is 23.2 Å². The first-order valence-corrected chi connectivity index (χ1v) is 6.96. The number of carbonyl (C=O) groups is 2. The van der Waals surface area contributed by atoms with Crippen LogP contribution in [0.25, 0.3) is 0 Å². The number of hydrogen-bond donors (Lipinski definition) is 1. The van der Waals surface area contributed by atoms with E-state index < -0.39 is 6.04 Å². The number of thiophene rings is 1. The number of methoxy groups -OCH3 is 1. The lowest BCUT2D eigenvalue weighted by Crippen LogP contribution is -2.30. The highest BCUT2D eigenvalue weighted by Crippen LogP contribution is 2.20. The van der Waals surface area contributed by atoms with Crippen LogP contribution in [0.3, 0.4) is 0 Å². The molecule has 1 atom stereocenters. The number of nitrogens with zero attached hydrogens (tertiary/aromatic N) is 1. The number of amides is 1. The van der Waals surface area contributed by atoms with E-state index in [1.165, 1.54) is 18.4 Å². The highest BCUT2D eigenvalue weighted by Gasteiger charge is 2.20. The Bertz CT molecular complexity index is 569. The third-order valence-corrected chi connectivity index (χ3v) is 3.45. The number of esters is 1. The topological polar surface area (TPSA) is 68.3 Å². The van der Waals surface area contributed by atoms with Gasteiger partial charge in [-0.25, -0.2) is 0 Å². The van der Waals surface area contributed by atoms with Gasteiger partial charge in [0.15, 0.2) is 0 Å². The van der Waals surface area contributed by atoms with Crippen LogP contribution in [0.2, 0.25) is 0 Å². The summed E-state index contributed by atoms with van der Waals surface area (Å²) in [5.74, 6) is -0.687. The number of hydrogen-bond acceptors (Lipinski definition) is 5. The fraction of sp³-hybridized carbons (Fsp3) is 0.214. The van der Waals surface area contributed by atoms with E-state index in [4.69, 9.17) is 0 Å². The van der Waals surface area contributed by atoms with E-state index in [0.29, 0.717) is 5.69 Å². The summed E-state index contributed by atoms with van der Waals surface area (Å²) in [6.45, 7) is 0. The number of aromatic nitrogens is 1. The predicted molar refractivity (Wildman–Crippen MR) is 75.4 cm³/mol. The fourth-order valence-corrected chi connectivity index (χ4v) is 2.42. The molecule has 0 aromatic carbocycles. The molecule has 0 aliphatic carbocycles. The molecule has 2 rings (SSSR count). The first-order chi connectivity index (χ1) is 9.70. The van der Waals surface area contributed by atoms with Crippen LogP contribution in [0.1, 0.15) is 28.5 Å². The zero-order valence-corrected chi connectivity index (χ0v) is 11.7. The summed E-state index contributed by atoms with van der Waals surface area (Å²) < 4.78 is 4.66. The highest BCUT2D eigenvalue weighted by molar-refractivity contribution is 7.08. The van der Waals surface area contributed by atoms with E-state index >= 15 is 0 Å². The van der Waals surface area contributed by atoms with Crippen molar-refractivity contribution in [1.82, 2.24) is 10.3 Å². The van der Waals surface area contributed by atoms with Gasteiger partial charge in [0.2, 0.25) is 0 Å². The minimum absolute atomic E-state index is 0.0891. The quantitative estimate of drug-likeness (QED) is 0.857. The van der Waals surface area contributed by atoms with Gasteiger partial charge in [0.1, 0.15) is 5.69 Å². The monoisotopic (exact) mass is 290 g/mol. The number of rotatable bonds is 5. The minimum atomic E-state index is -0.414. The van der Waals surface area contributed by atoms with Crippen LogP contribution < -0.4 is 5.32 Å². The van der Waals surface area contributed by atoms with Crippen LogP contribution in [-0.4, -0.2) is 24.0 Å². The third-order valence-electron chi connectivity index (χ3n) is 2.75. The molecule has 1 amide bonds. The summed E-state index contributed by atoms with van der Waals surface area (Å²) in [6, 6.07) is 6.56. The van der Waals surface area contributed by atoms with Gasteiger partial charge in [-0.1, -0.05) is 6.07 Å². The van der Waals surface area contributed by atoms with Gasteiger partial charge < -0.3 is 10.1 Å². The van der Waals surface area contributed by atoms with Gasteiger partial charge in [0.25, 0.3) is 5.91 Å². The average Bonchev–Trinajstić information content (AvgIpc) is 3.01. The van der Waals surface area contributed by atoms with E-state index in [9.17, 15) is 9.59 Å². The summed E-state index contributed by atoms with van der Waals surface area (Å²) in [5, 5.41) is 6.60.